The summed E-state index contributed by atoms with van der Waals surface area (Å²) in [4.78, 5) is 10.7. The largest absolute Gasteiger partial charge is 0.366 e. The summed E-state index contributed by atoms with van der Waals surface area (Å²) >= 11 is 0. The van der Waals surface area contributed by atoms with Crippen LogP contribution >= 0.6 is 0 Å². The number of rotatable bonds is 5. The van der Waals surface area contributed by atoms with Gasteiger partial charge in [0, 0.05) is 60.6 Å². The predicted octanol–water partition coefficient (Wildman–Crippen LogP) is 3.90. The number of nitrogens with one attached hydrogen (secondary N) is 2. The average molecular weight is 518 g/mol. The van der Waals surface area contributed by atoms with Gasteiger partial charge in [-0.3, -0.25) is 4.98 Å². The number of nitrogens with zero attached hydrogens (tertiary/aromatic N) is 5. The molecule has 0 bridgehead atoms. The summed E-state index contributed by atoms with van der Waals surface area (Å²) in [6.45, 7) is 4.34. The van der Waals surface area contributed by atoms with E-state index in [1.807, 2.05) is 17.0 Å². The van der Waals surface area contributed by atoms with Crippen LogP contribution < -0.4 is 15.5 Å². The van der Waals surface area contributed by atoms with Gasteiger partial charge < -0.3 is 15.5 Å². The van der Waals surface area contributed by atoms with Crippen LogP contribution in [0.25, 0.3) is 21.8 Å². The number of anilines is 3. The molecule has 188 valence electrons. The number of hydrogen-bond acceptors (Lipinski definition) is 8. The van der Waals surface area contributed by atoms with Crippen molar-refractivity contribution in [3.63, 3.8) is 0 Å². The van der Waals surface area contributed by atoms with Crippen molar-refractivity contribution in [2.24, 2.45) is 0 Å². The Balaban J connectivity index is 1.33. The Morgan fingerprint density at radius 2 is 1.92 bits per heavy atom. The van der Waals surface area contributed by atoms with Crippen molar-refractivity contribution in [3.8, 4) is 0 Å². The third-order valence-corrected chi connectivity index (χ3v) is 8.08. The zero-order chi connectivity index (χ0) is 25.6. The molecule has 2 N–H and O–H groups in total. The zero-order valence-electron chi connectivity index (χ0n) is 20.0. The van der Waals surface area contributed by atoms with Gasteiger partial charge in [0.25, 0.3) is 10.0 Å². The number of pyridine rings is 2. The lowest BCUT2D eigenvalue weighted by Crippen LogP contribution is -2.49. The highest BCUT2D eigenvalue weighted by atomic mass is 32.2. The maximum absolute atomic E-state index is 15.0. The molecule has 0 spiro atoms. The fraction of sp³-hybridized carbons (Fsp3) is 0.192. The van der Waals surface area contributed by atoms with E-state index in [2.05, 4.69) is 32.6 Å². The minimum Gasteiger partial charge on any atom is -0.366 e. The quantitative estimate of drug-likeness (QED) is 0.362. The maximum atomic E-state index is 15.0. The van der Waals surface area contributed by atoms with Gasteiger partial charge in [-0.2, -0.15) is 17.6 Å². The van der Waals surface area contributed by atoms with E-state index >= 15 is 0 Å². The fourth-order valence-corrected chi connectivity index (χ4v) is 6.11. The lowest BCUT2D eigenvalue weighted by molar-refractivity contribution is 0.478. The molecule has 9 nitrogen and oxygen atoms in total. The van der Waals surface area contributed by atoms with Crippen LogP contribution in [0.2, 0.25) is 0 Å². The molecule has 0 amide bonds. The summed E-state index contributed by atoms with van der Waals surface area (Å²) in [6, 6.07) is 15.4. The Hall–Kier alpha value is -4.09. The number of piperazine rings is 1. The van der Waals surface area contributed by atoms with Crippen LogP contribution in [0.1, 0.15) is 6.92 Å². The number of benzene rings is 2. The van der Waals surface area contributed by atoms with Crippen LogP contribution in [0.3, 0.4) is 0 Å². The van der Waals surface area contributed by atoms with E-state index in [-0.39, 0.29) is 16.8 Å². The molecule has 37 heavy (non-hydrogen) atoms. The predicted molar refractivity (Wildman–Crippen MR) is 141 cm³/mol. The normalized spacial score (nSPS) is 16.4. The maximum Gasteiger partial charge on any atom is 0.285 e. The Morgan fingerprint density at radius 3 is 2.76 bits per heavy atom. The standard InChI is InChI=1S/C26H24FN7O2S/c1-17-16-33(11-10-28-17)22-8-7-20(12-21(22)27)32-25-13-23-19(14-30-25)15-31-34(23)37(35,36)24-6-2-4-18-5-3-9-29-26(18)24/h2-9,12-15,17,28H,10-11,16H2,1H3,(H,30,32). The molecule has 0 radical (unpaired) electrons. The van der Waals surface area contributed by atoms with Gasteiger partial charge in [0.05, 0.1) is 22.9 Å². The van der Waals surface area contributed by atoms with Gasteiger partial charge in [-0.15, -0.1) is 0 Å². The SMILES string of the molecule is CC1CN(c2ccc(Nc3cc4c(cn3)cnn4S(=O)(=O)c3cccc4cccnc34)cc2F)CCN1. The highest BCUT2D eigenvalue weighted by molar-refractivity contribution is 7.90. The molecule has 6 rings (SSSR count). The number of para-hydroxylation sites is 1. The van der Waals surface area contributed by atoms with Gasteiger partial charge in [-0.25, -0.2) is 9.37 Å². The number of hydrogen-bond donors (Lipinski definition) is 2. The molecule has 1 aliphatic rings. The van der Waals surface area contributed by atoms with Crippen LogP contribution in [0.15, 0.2) is 78.1 Å². The number of fused-ring (bicyclic) bond motifs is 2. The van der Waals surface area contributed by atoms with Crippen LogP contribution in [-0.2, 0) is 10.0 Å². The summed E-state index contributed by atoms with van der Waals surface area (Å²) < 4.78 is 43.2. The average Bonchev–Trinajstić information content (AvgIpc) is 3.33. The lowest BCUT2D eigenvalue weighted by Gasteiger charge is -2.33. The van der Waals surface area contributed by atoms with Gasteiger partial charge >= 0.3 is 0 Å². The van der Waals surface area contributed by atoms with E-state index in [1.54, 1.807) is 36.5 Å². The third-order valence-electron chi connectivity index (χ3n) is 6.45. The first-order chi connectivity index (χ1) is 17.9. The Labute approximate surface area is 213 Å². The first-order valence-electron chi connectivity index (χ1n) is 11.9. The summed E-state index contributed by atoms with van der Waals surface area (Å²) in [7, 11) is -4.05. The second kappa shape index (κ2) is 9.09. The van der Waals surface area contributed by atoms with Gasteiger partial charge in [0.1, 0.15) is 16.5 Å². The van der Waals surface area contributed by atoms with Crippen molar-refractivity contribution >= 4 is 49.0 Å². The van der Waals surface area contributed by atoms with E-state index in [1.165, 1.54) is 24.5 Å². The molecule has 0 saturated carbocycles. The Bertz CT molecular complexity index is 1730. The van der Waals surface area contributed by atoms with Crippen LogP contribution in [0.5, 0.6) is 0 Å². The lowest BCUT2D eigenvalue weighted by atomic mass is 10.2. The fourth-order valence-electron chi connectivity index (χ4n) is 4.67. The first kappa shape index (κ1) is 23.3. The van der Waals surface area contributed by atoms with Crippen molar-refractivity contribution < 1.29 is 12.8 Å². The van der Waals surface area contributed by atoms with Crippen LogP contribution in [0.4, 0.5) is 21.6 Å². The molecule has 1 unspecified atom stereocenters. The molecule has 1 fully saturated rings. The minimum atomic E-state index is -4.05. The van der Waals surface area contributed by atoms with E-state index < -0.39 is 10.0 Å². The van der Waals surface area contributed by atoms with Crippen molar-refractivity contribution in [2.45, 2.75) is 17.9 Å². The van der Waals surface area contributed by atoms with Crippen LogP contribution in [0, 0.1) is 5.82 Å². The smallest absolute Gasteiger partial charge is 0.285 e. The second-order valence-electron chi connectivity index (χ2n) is 9.04. The molecule has 1 atom stereocenters. The van der Waals surface area contributed by atoms with E-state index in [4.69, 9.17) is 0 Å². The van der Waals surface area contributed by atoms with Crippen LogP contribution in [-0.4, -0.2) is 53.2 Å². The third kappa shape index (κ3) is 4.25. The van der Waals surface area contributed by atoms with Gasteiger partial charge in [0.2, 0.25) is 0 Å². The molecule has 2 aromatic carbocycles. The summed E-state index contributed by atoms with van der Waals surface area (Å²) in [5, 5.41) is 11.8. The number of halogens is 1. The molecule has 5 aromatic rings. The van der Waals surface area contributed by atoms with E-state index in [0.717, 1.165) is 23.7 Å². The first-order valence-corrected chi connectivity index (χ1v) is 13.3. The van der Waals surface area contributed by atoms with Crippen molar-refractivity contribution in [3.05, 3.63) is 79.0 Å². The Kier molecular flexibility index (Phi) is 5.73. The Morgan fingerprint density at radius 1 is 1.05 bits per heavy atom. The second-order valence-corrected chi connectivity index (χ2v) is 10.8. The molecule has 4 heterocycles. The van der Waals surface area contributed by atoms with E-state index in [9.17, 15) is 12.8 Å². The minimum absolute atomic E-state index is 0.0572. The summed E-state index contributed by atoms with van der Waals surface area (Å²) in [5.74, 6) is 0.0275. The molecule has 0 aliphatic carbocycles. The highest BCUT2D eigenvalue weighted by Crippen LogP contribution is 2.28. The molecule has 1 saturated heterocycles. The topological polar surface area (TPSA) is 105 Å². The molecule has 1 aliphatic heterocycles. The van der Waals surface area contributed by atoms with Gasteiger partial charge in [-0.1, -0.05) is 18.2 Å². The summed E-state index contributed by atoms with van der Waals surface area (Å²) in [6.07, 6.45) is 4.54. The molecular formula is C26H24FN7O2S. The molecule has 3 aromatic heterocycles. The summed E-state index contributed by atoms with van der Waals surface area (Å²) in [5.41, 5.74) is 1.77. The van der Waals surface area contributed by atoms with Crippen molar-refractivity contribution in [1.82, 2.24) is 24.5 Å². The monoisotopic (exact) mass is 517 g/mol. The number of aromatic nitrogens is 4. The van der Waals surface area contributed by atoms with Crippen molar-refractivity contribution in [1.29, 1.82) is 0 Å². The van der Waals surface area contributed by atoms with Gasteiger partial charge in [0.15, 0.2) is 0 Å². The molecular weight excluding hydrogens is 493 g/mol. The van der Waals surface area contributed by atoms with E-state index in [0.29, 0.717) is 39.0 Å². The molecule has 11 heteroatoms. The zero-order valence-corrected chi connectivity index (χ0v) is 20.8. The van der Waals surface area contributed by atoms with Gasteiger partial charge in [-0.05, 0) is 37.3 Å². The highest BCUT2D eigenvalue weighted by Gasteiger charge is 2.24. The van der Waals surface area contributed by atoms with Crippen molar-refractivity contribution in [2.75, 3.05) is 29.9 Å².